The van der Waals surface area contributed by atoms with Crippen LogP contribution in [0.5, 0.6) is 0 Å². The Labute approximate surface area is 167 Å². The van der Waals surface area contributed by atoms with Crippen LogP contribution in [-0.2, 0) is 11.3 Å². The predicted octanol–water partition coefficient (Wildman–Crippen LogP) is 3.44. The van der Waals surface area contributed by atoms with Gasteiger partial charge in [0.25, 0.3) is 6.01 Å². The zero-order chi connectivity index (χ0) is 19.7. The van der Waals surface area contributed by atoms with Gasteiger partial charge < -0.3 is 18.6 Å². The number of piperidine rings is 1. The largest absolute Gasteiger partial charge is 0.424 e. The van der Waals surface area contributed by atoms with E-state index in [-0.39, 0.29) is 11.8 Å². The number of oxazole rings is 1. The van der Waals surface area contributed by atoms with Gasteiger partial charge in [-0.2, -0.15) is 4.98 Å². The van der Waals surface area contributed by atoms with E-state index in [0.717, 1.165) is 31.4 Å². The highest BCUT2D eigenvalue weighted by Crippen LogP contribution is 2.29. The minimum absolute atomic E-state index is 0.0621. The lowest BCUT2D eigenvalue weighted by Crippen LogP contribution is -2.38. The maximum Gasteiger partial charge on any atom is 0.298 e. The summed E-state index contributed by atoms with van der Waals surface area (Å²) in [7, 11) is 1.76. The van der Waals surface area contributed by atoms with Crippen molar-refractivity contribution in [3.05, 3.63) is 35.0 Å². The highest BCUT2D eigenvalue weighted by molar-refractivity contribution is 6.31. The van der Waals surface area contributed by atoms with Crippen molar-refractivity contribution in [2.45, 2.75) is 32.7 Å². The molecule has 148 valence electrons. The molecule has 28 heavy (non-hydrogen) atoms. The van der Waals surface area contributed by atoms with Gasteiger partial charge in [-0.05, 0) is 30.9 Å². The quantitative estimate of drug-likeness (QED) is 0.644. The molecule has 2 aromatic heterocycles. The van der Waals surface area contributed by atoms with E-state index in [1.165, 1.54) is 0 Å². The van der Waals surface area contributed by atoms with Crippen molar-refractivity contribution < 1.29 is 13.6 Å². The topological polar surface area (TPSA) is 88.5 Å². The van der Waals surface area contributed by atoms with Crippen LogP contribution >= 0.6 is 11.6 Å². The molecular weight excluding hydrogens is 382 g/mol. The SMILES string of the molecule is Cc1nnc(CN(C)C(=O)CC2CCCN(c3nc4ccc(Cl)cc4o3)C2)o1. The van der Waals surface area contributed by atoms with E-state index in [4.69, 9.17) is 20.4 Å². The molecule has 1 aliphatic rings. The van der Waals surface area contributed by atoms with Gasteiger partial charge in [0.1, 0.15) is 5.52 Å². The molecule has 9 heteroatoms. The Bertz CT molecular complexity index is 985. The second-order valence-corrected chi connectivity index (χ2v) is 7.67. The maximum atomic E-state index is 12.6. The Hall–Kier alpha value is -2.61. The van der Waals surface area contributed by atoms with Gasteiger partial charge in [-0.1, -0.05) is 11.6 Å². The van der Waals surface area contributed by atoms with E-state index >= 15 is 0 Å². The van der Waals surface area contributed by atoms with E-state index < -0.39 is 0 Å². The van der Waals surface area contributed by atoms with Gasteiger partial charge >= 0.3 is 0 Å². The second-order valence-electron chi connectivity index (χ2n) is 7.23. The Morgan fingerprint density at radius 3 is 3.00 bits per heavy atom. The van der Waals surface area contributed by atoms with Gasteiger partial charge in [0.2, 0.25) is 17.7 Å². The predicted molar refractivity (Wildman–Crippen MR) is 104 cm³/mol. The molecule has 1 saturated heterocycles. The molecule has 1 atom stereocenters. The van der Waals surface area contributed by atoms with E-state index in [1.54, 1.807) is 31.0 Å². The van der Waals surface area contributed by atoms with Crippen LogP contribution in [0.15, 0.2) is 27.0 Å². The average molecular weight is 404 g/mol. The summed E-state index contributed by atoms with van der Waals surface area (Å²) in [4.78, 5) is 20.9. The van der Waals surface area contributed by atoms with Gasteiger partial charge in [-0.15, -0.1) is 10.2 Å². The van der Waals surface area contributed by atoms with Crippen LogP contribution in [0.25, 0.3) is 11.1 Å². The molecule has 1 fully saturated rings. The fourth-order valence-corrected chi connectivity index (χ4v) is 3.68. The van der Waals surface area contributed by atoms with Gasteiger partial charge in [0, 0.05) is 44.6 Å². The summed E-state index contributed by atoms with van der Waals surface area (Å²) in [5.74, 6) is 1.25. The molecule has 0 aliphatic carbocycles. The number of amides is 1. The Morgan fingerprint density at radius 1 is 1.36 bits per heavy atom. The third-order valence-corrected chi connectivity index (χ3v) is 5.19. The van der Waals surface area contributed by atoms with Crippen LogP contribution in [0.2, 0.25) is 5.02 Å². The van der Waals surface area contributed by atoms with Crippen molar-refractivity contribution >= 4 is 34.6 Å². The van der Waals surface area contributed by atoms with Crippen molar-refractivity contribution in [1.29, 1.82) is 0 Å². The number of nitrogens with zero attached hydrogens (tertiary/aromatic N) is 5. The number of rotatable bonds is 5. The summed E-state index contributed by atoms with van der Waals surface area (Å²) in [5.41, 5.74) is 1.46. The molecule has 0 spiro atoms. The summed E-state index contributed by atoms with van der Waals surface area (Å²) in [6, 6.07) is 6.01. The van der Waals surface area contributed by atoms with E-state index in [0.29, 0.717) is 41.4 Å². The summed E-state index contributed by atoms with van der Waals surface area (Å²) < 4.78 is 11.2. The van der Waals surface area contributed by atoms with Gasteiger partial charge in [0.05, 0.1) is 6.54 Å². The van der Waals surface area contributed by atoms with Crippen molar-refractivity contribution in [3.63, 3.8) is 0 Å². The second kappa shape index (κ2) is 7.79. The lowest BCUT2D eigenvalue weighted by molar-refractivity contribution is -0.131. The van der Waals surface area contributed by atoms with Gasteiger partial charge in [-0.3, -0.25) is 4.79 Å². The number of aryl methyl sites for hydroxylation is 1. The van der Waals surface area contributed by atoms with Crippen LogP contribution in [0.1, 0.15) is 31.0 Å². The standard InChI is InChI=1S/C19H22ClN5O3/c1-12-22-23-17(27-12)11-24(2)18(26)8-13-4-3-7-25(10-13)19-21-15-6-5-14(20)9-16(15)28-19/h5-6,9,13H,3-4,7-8,10-11H2,1-2H3. The number of hydrogen-bond donors (Lipinski definition) is 0. The Kier molecular flexibility index (Phi) is 5.21. The van der Waals surface area contributed by atoms with Crippen molar-refractivity contribution in [2.75, 3.05) is 25.0 Å². The smallest absolute Gasteiger partial charge is 0.298 e. The average Bonchev–Trinajstić information content (AvgIpc) is 3.27. The fourth-order valence-electron chi connectivity index (χ4n) is 3.52. The number of benzene rings is 1. The molecule has 3 aromatic rings. The van der Waals surface area contributed by atoms with Crippen LogP contribution in [0.4, 0.5) is 6.01 Å². The highest BCUT2D eigenvalue weighted by Gasteiger charge is 2.26. The molecule has 1 amide bonds. The molecule has 4 rings (SSSR count). The van der Waals surface area contributed by atoms with E-state index in [1.807, 2.05) is 6.07 Å². The summed E-state index contributed by atoms with van der Waals surface area (Å²) >= 11 is 6.02. The first kappa shape index (κ1) is 18.7. The molecule has 1 aliphatic heterocycles. The highest BCUT2D eigenvalue weighted by atomic mass is 35.5. The zero-order valence-electron chi connectivity index (χ0n) is 15.9. The van der Waals surface area contributed by atoms with E-state index in [2.05, 4.69) is 20.1 Å². The number of carbonyl (C=O) groups excluding carboxylic acids is 1. The summed E-state index contributed by atoms with van der Waals surface area (Å²) in [6.07, 6.45) is 2.46. The molecule has 1 unspecified atom stereocenters. The molecule has 8 nitrogen and oxygen atoms in total. The molecule has 3 heterocycles. The Morgan fingerprint density at radius 2 is 2.21 bits per heavy atom. The van der Waals surface area contributed by atoms with Crippen molar-refractivity contribution in [1.82, 2.24) is 20.1 Å². The monoisotopic (exact) mass is 403 g/mol. The van der Waals surface area contributed by atoms with Crippen LogP contribution in [0, 0.1) is 12.8 Å². The first-order valence-corrected chi connectivity index (χ1v) is 9.69. The lowest BCUT2D eigenvalue weighted by Gasteiger charge is -2.32. The van der Waals surface area contributed by atoms with Crippen LogP contribution in [-0.4, -0.2) is 46.1 Å². The number of aromatic nitrogens is 3. The third-order valence-electron chi connectivity index (χ3n) is 4.96. The first-order valence-electron chi connectivity index (χ1n) is 9.32. The van der Waals surface area contributed by atoms with E-state index in [9.17, 15) is 4.79 Å². The molecule has 0 bridgehead atoms. The molecule has 0 N–H and O–H groups in total. The lowest BCUT2D eigenvalue weighted by atomic mass is 9.94. The van der Waals surface area contributed by atoms with Crippen LogP contribution in [0.3, 0.4) is 0 Å². The van der Waals surface area contributed by atoms with Gasteiger partial charge in [0.15, 0.2) is 5.58 Å². The number of hydrogen-bond acceptors (Lipinski definition) is 7. The number of anilines is 1. The minimum Gasteiger partial charge on any atom is -0.424 e. The number of carbonyl (C=O) groups is 1. The molecule has 1 aromatic carbocycles. The molecule has 0 radical (unpaired) electrons. The maximum absolute atomic E-state index is 12.6. The van der Waals surface area contributed by atoms with Gasteiger partial charge in [-0.25, -0.2) is 0 Å². The van der Waals surface area contributed by atoms with Crippen LogP contribution < -0.4 is 4.90 Å². The third kappa shape index (κ3) is 4.11. The molecule has 0 saturated carbocycles. The zero-order valence-corrected chi connectivity index (χ0v) is 16.6. The van der Waals surface area contributed by atoms with Crippen molar-refractivity contribution in [2.24, 2.45) is 5.92 Å². The Balaban J connectivity index is 1.38. The van der Waals surface area contributed by atoms with Crippen molar-refractivity contribution in [3.8, 4) is 0 Å². The summed E-state index contributed by atoms with van der Waals surface area (Å²) in [6.45, 7) is 3.65. The minimum atomic E-state index is 0.0621. The fraction of sp³-hybridized carbons (Fsp3) is 0.474. The number of fused-ring (bicyclic) bond motifs is 1. The molecular formula is C19H22ClN5O3. The summed E-state index contributed by atoms with van der Waals surface area (Å²) in [5, 5.41) is 8.36. The number of halogens is 1. The normalized spacial score (nSPS) is 17.2. The first-order chi connectivity index (χ1) is 13.5.